The molecule has 2 N–H and O–H groups in total. The third kappa shape index (κ3) is 2.40. The molecule has 23 heavy (non-hydrogen) atoms. The van der Waals surface area contributed by atoms with Gasteiger partial charge in [-0.15, -0.1) is 0 Å². The second kappa shape index (κ2) is 5.57. The molecule has 0 unspecified atom stereocenters. The quantitative estimate of drug-likeness (QED) is 0.731. The first-order valence-corrected chi connectivity index (χ1v) is 8.52. The van der Waals surface area contributed by atoms with Gasteiger partial charge >= 0.3 is 0 Å². The number of nitrogens with zero attached hydrogens (tertiary/aromatic N) is 4. The topological polar surface area (TPSA) is 88.1 Å². The van der Waals surface area contributed by atoms with Gasteiger partial charge in [-0.25, -0.2) is 15.0 Å². The number of ether oxygens (including phenoxy) is 2. The molecule has 0 bridgehead atoms. The SMILES string of the molecule is CCn1c(Sc2cc3c(cc2Br)OCO3)nc2c(N)ncnc21. The summed E-state index contributed by atoms with van der Waals surface area (Å²) in [5.74, 6) is 1.85. The Morgan fingerprint density at radius 2 is 2.09 bits per heavy atom. The Labute approximate surface area is 144 Å². The minimum absolute atomic E-state index is 0.246. The standard InChI is InChI=1S/C14H12BrN5O2S/c1-2-20-13-11(12(16)17-5-18-13)19-14(20)23-10-4-9-8(3-7(10)15)21-6-22-9/h3-5H,2,6H2,1H3,(H2,16,17,18). The molecule has 3 heterocycles. The fourth-order valence-electron chi connectivity index (χ4n) is 2.37. The van der Waals surface area contributed by atoms with Gasteiger partial charge in [0.05, 0.1) is 0 Å². The lowest BCUT2D eigenvalue weighted by Crippen LogP contribution is -1.98. The van der Waals surface area contributed by atoms with Crippen molar-refractivity contribution in [3.8, 4) is 11.5 Å². The number of benzene rings is 1. The van der Waals surface area contributed by atoms with Crippen molar-refractivity contribution in [1.29, 1.82) is 0 Å². The van der Waals surface area contributed by atoms with Crippen LogP contribution in [0, 0.1) is 0 Å². The van der Waals surface area contributed by atoms with Crippen molar-refractivity contribution in [2.45, 2.75) is 23.5 Å². The summed E-state index contributed by atoms with van der Waals surface area (Å²) in [4.78, 5) is 13.9. The fraction of sp³-hybridized carbons (Fsp3) is 0.214. The summed E-state index contributed by atoms with van der Waals surface area (Å²) in [5.41, 5.74) is 7.26. The van der Waals surface area contributed by atoms with E-state index in [-0.39, 0.29) is 6.79 Å². The van der Waals surface area contributed by atoms with Gasteiger partial charge in [-0.05, 0) is 35.0 Å². The smallest absolute Gasteiger partial charge is 0.231 e. The number of nitrogen functional groups attached to an aromatic ring is 1. The summed E-state index contributed by atoms with van der Waals surface area (Å²) in [7, 11) is 0. The number of nitrogens with two attached hydrogens (primary N) is 1. The Bertz CT molecular complexity index is 914. The largest absolute Gasteiger partial charge is 0.454 e. The van der Waals surface area contributed by atoms with Crippen LogP contribution >= 0.6 is 27.7 Å². The molecule has 0 spiro atoms. The molecular weight excluding hydrogens is 382 g/mol. The predicted octanol–water partition coefficient (Wildman–Crippen LogP) is 3.07. The van der Waals surface area contributed by atoms with Crippen LogP contribution in [0.2, 0.25) is 0 Å². The molecule has 9 heteroatoms. The van der Waals surface area contributed by atoms with E-state index in [0.29, 0.717) is 11.3 Å². The molecule has 0 fully saturated rings. The maximum Gasteiger partial charge on any atom is 0.231 e. The predicted molar refractivity (Wildman–Crippen MR) is 89.8 cm³/mol. The third-order valence-electron chi connectivity index (χ3n) is 3.47. The van der Waals surface area contributed by atoms with E-state index in [2.05, 4.69) is 30.9 Å². The molecule has 0 radical (unpaired) electrons. The van der Waals surface area contributed by atoms with Crippen molar-refractivity contribution in [2.24, 2.45) is 0 Å². The Hall–Kier alpha value is -2.00. The summed E-state index contributed by atoms with van der Waals surface area (Å²) in [5, 5.41) is 0.800. The van der Waals surface area contributed by atoms with Crippen LogP contribution < -0.4 is 15.2 Å². The minimum atomic E-state index is 0.246. The second-order valence-electron chi connectivity index (χ2n) is 4.81. The number of rotatable bonds is 3. The molecule has 2 aromatic heterocycles. The van der Waals surface area contributed by atoms with E-state index in [4.69, 9.17) is 15.2 Å². The zero-order valence-electron chi connectivity index (χ0n) is 12.1. The van der Waals surface area contributed by atoms with Gasteiger partial charge in [0.25, 0.3) is 0 Å². The molecule has 1 aliphatic heterocycles. The molecule has 118 valence electrons. The van der Waals surface area contributed by atoms with E-state index in [0.717, 1.165) is 38.2 Å². The summed E-state index contributed by atoms with van der Waals surface area (Å²) in [6.45, 7) is 3.02. The van der Waals surface area contributed by atoms with E-state index >= 15 is 0 Å². The molecule has 0 amide bonds. The second-order valence-corrected chi connectivity index (χ2v) is 6.67. The number of anilines is 1. The van der Waals surface area contributed by atoms with Gasteiger partial charge in [0, 0.05) is 15.9 Å². The van der Waals surface area contributed by atoms with Gasteiger partial charge in [-0.3, -0.25) is 0 Å². The number of aromatic nitrogens is 4. The van der Waals surface area contributed by atoms with Crippen LogP contribution in [0.3, 0.4) is 0 Å². The number of hydrogen-bond acceptors (Lipinski definition) is 7. The Kier molecular flexibility index (Phi) is 3.53. The number of hydrogen-bond donors (Lipinski definition) is 1. The number of halogens is 1. The summed E-state index contributed by atoms with van der Waals surface area (Å²) < 4.78 is 13.7. The molecule has 7 nitrogen and oxygen atoms in total. The lowest BCUT2D eigenvalue weighted by Gasteiger charge is -2.07. The Balaban J connectivity index is 1.80. The normalized spacial score (nSPS) is 13.0. The zero-order valence-corrected chi connectivity index (χ0v) is 14.5. The van der Waals surface area contributed by atoms with Crippen LogP contribution in [-0.4, -0.2) is 26.3 Å². The molecule has 0 atom stereocenters. The highest BCUT2D eigenvalue weighted by atomic mass is 79.9. The highest BCUT2D eigenvalue weighted by Crippen LogP contribution is 2.43. The van der Waals surface area contributed by atoms with Crippen LogP contribution in [0.25, 0.3) is 11.2 Å². The first-order chi connectivity index (χ1) is 11.2. The summed E-state index contributed by atoms with van der Waals surface area (Å²) >= 11 is 5.08. The monoisotopic (exact) mass is 393 g/mol. The first-order valence-electron chi connectivity index (χ1n) is 6.91. The molecule has 0 saturated heterocycles. The first kappa shape index (κ1) is 14.6. The molecule has 1 aliphatic rings. The van der Waals surface area contributed by atoms with Crippen LogP contribution in [0.4, 0.5) is 5.82 Å². The van der Waals surface area contributed by atoms with Crippen LogP contribution in [-0.2, 0) is 6.54 Å². The van der Waals surface area contributed by atoms with Crippen molar-refractivity contribution in [2.75, 3.05) is 12.5 Å². The molecule has 1 aromatic carbocycles. The van der Waals surface area contributed by atoms with Crippen molar-refractivity contribution < 1.29 is 9.47 Å². The van der Waals surface area contributed by atoms with E-state index in [9.17, 15) is 0 Å². The van der Waals surface area contributed by atoms with Crippen molar-refractivity contribution in [3.05, 3.63) is 22.9 Å². The van der Waals surface area contributed by atoms with Crippen molar-refractivity contribution in [1.82, 2.24) is 19.5 Å². The van der Waals surface area contributed by atoms with Gasteiger partial charge in [0.1, 0.15) is 6.33 Å². The number of aryl methyl sites for hydroxylation is 1. The number of imidazole rings is 1. The average molecular weight is 394 g/mol. The van der Waals surface area contributed by atoms with E-state index < -0.39 is 0 Å². The highest BCUT2D eigenvalue weighted by molar-refractivity contribution is 9.10. The van der Waals surface area contributed by atoms with Crippen LogP contribution in [0.1, 0.15) is 6.92 Å². The molecule has 4 rings (SSSR count). The van der Waals surface area contributed by atoms with Crippen LogP contribution in [0.15, 0.2) is 33.0 Å². The number of fused-ring (bicyclic) bond motifs is 2. The average Bonchev–Trinajstić information content (AvgIpc) is 3.12. The van der Waals surface area contributed by atoms with Crippen molar-refractivity contribution >= 4 is 44.7 Å². The lowest BCUT2D eigenvalue weighted by molar-refractivity contribution is 0.174. The van der Waals surface area contributed by atoms with E-state index in [1.807, 2.05) is 23.6 Å². The van der Waals surface area contributed by atoms with Gasteiger partial charge in [-0.1, -0.05) is 11.8 Å². The van der Waals surface area contributed by atoms with Gasteiger partial charge < -0.3 is 19.8 Å². The molecule has 0 aliphatic carbocycles. The Morgan fingerprint density at radius 1 is 1.30 bits per heavy atom. The Morgan fingerprint density at radius 3 is 2.87 bits per heavy atom. The maximum atomic E-state index is 5.91. The third-order valence-corrected chi connectivity index (χ3v) is 5.44. The highest BCUT2D eigenvalue weighted by Gasteiger charge is 2.20. The van der Waals surface area contributed by atoms with Crippen LogP contribution in [0.5, 0.6) is 11.5 Å². The fourth-order valence-corrected chi connectivity index (χ4v) is 3.92. The summed E-state index contributed by atoms with van der Waals surface area (Å²) in [6.07, 6.45) is 1.45. The molecule has 3 aromatic rings. The maximum absolute atomic E-state index is 5.91. The minimum Gasteiger partial charge on any atom is -0.454 e. The van der Waals surface area contributed by atoms with E-state index in [1.54, 1.807) is 0 Å². The molecule has 0 saturated carbocycles. The zero-order chi connectivity index (χ0) is 16.0. The van der Waals surface area contributed by atoms with Gasteiger partial charge in [0.2, 0.25) is 6.79 Å². The lowest BCUT2D eigenvalue weighted by atomic mass is 10.3. The molecular formula is C14H12BrN5O2S. The van der Waals surface area contributed by atoms with Gasteiger partial charge in [0.15, 0.2) is 33.6 Å². The summed E-state index contributed by atoms with van der Waals surface area (Å²) in [6, 6.07) is 3.84. The van der Waals surface area contributed by atoms with E-state index in [1.165, 1.54) is 18.1 Å². The van der Waals surface area contributed by atoms with Crippen molar-refractivity contribution in [3.63, 3.8) is 0 Å². The van der Waals surface area contributed by atoms with Gasteiger partial charge in [-0.2, -0.15) is 0 Å².